The summed E-state index contributed by atoms with van der Waals surface area (Å²) in [5, 5.41) is 3.31. The first kappa shape index (κ1) is 16.0. The second kappa shape index (κ2) is 6.78. The van der Waals surface area contributed by atoms with Gasteiger partial charge in [-0.2, -0.15) is 0 Å². The number of fused-ring (bicyclic) bond motifs is 1. The summed E-state index contributed by atoms with van der Waals surface area (Å²) in [5.41, 5.74) is 2.44. The molecule has 1 saturated heterocycles. The lowest BCUT2D eigenvalue weighted by atomic mass is 10.2. The van der Waals surface area contributed by atoms with Gasteiger partial charge in [0.2, 0.25) is 4.73 Å². The maximum absolute atomic E-state index is 5.86. The number of nitrogens with one attached hydrogen (secondary N) is 1. The first-order valence-electron chi connectivity index (χ1n) is 7.75. The number of rotatable bonds is 3. The summed E-state index contributed by atoms with van der Waals surface area (Å²) < 4.78 is 9.41. The van der Waals surface area contributed by atoms with Crippen LogP contribution in [0.1, 0.15) is 25.5 Å². The molecule has 1 aromatic carbocycles. The zero-order chi connectivity index (χ0) is 16.5. The molecule has 0 aliphatic carbocycles. The van der Waals surface area contributed by atoms with Gasteiger partial charge in [-0.15, -0.1) is 0 Å². The van der Waals surface area contributed by atoms with Crippen molar-refractivity contribution >= 4 is 54.5 Å². The van der Waals surface area contributed by atoms with Crippen molar-refractivity contribution in [2.45, 2.75) is 25.5 Å². The number of anilines is 2. The van der Waals surface area contributed by atoms with E-state index in [9.17, 15) is 0 Å². The Morgan fingerprint density at radius 3 is 2.71 bits per heavy atom. The SMILES string of the molecule is Brc1ccc(Nc2nc(Br)nc3c2ncn3C2CCCCO2)cc1. The van der Waals surface area contributed by atoms with Gasteiger partial charge in [0.25, 0.3) is 0 Å². The molecule has 1 N–H and O–H groups in total. The van der Waals surface area contributed by atoms with Crippen molar-refractivity contribution in [3.8, 4) is 0 Å². The van der Waals surface area contributed by atoms with Gasteiger partial charge in [0.15, 0.2) is 17.0 Å². The largest absolute Gasteiger partial charge is 0.358 e. The van der Waals surface area contributed by atoms with E-state index in [1.807, 2.05) is 28.8 Å². The fourth-order valence-electron chi connectivity index (χ4n) is 2.80. The molecular formula is C16H15Br2N5O. The second-order valence-electron chi connectivity index (χ2n) is 5.62. The van der Waals surface area contributed by atoms with E-state index >= 15 is 0 Å². The van der Waals surface area contributed by atoms with Gasteiger partial charge < -0.3 is 10.1 Å². The van der Waals surface area contributed by atoms with E-state index in [0.717, 1.165) is 47.2 Å². The molecule has 1 aliphatic rings. The predicted molar refractivity (Wildman–Crippen MR) is 99.3 cm³/mol. The number of benzene rings is 1. The van der Waals surface area contributed by atoms with Crippen LogP contribution < -0.4 is 5.32 Å². The normalized spacial score (nSPS) is 18.0. The Hall–Kier alpha value is -1.51. The highest BCUT2D eigenvalue weighted by atomic mass is 79.9. The first-order chi connectivity index (χ1) is 11.7. The van der Waals surface area contributed by atoms with Crippen molar-refractivity contribution in [2.24, 2.45) is 0 Å². The molecule has 0 spiro atoms. The molecule has 1 fully saturated rings. The van der Waals surface area contributed by atoms with Gasteiger partial charge in [-0.3, -0.25) is 4.57 Å². The topological polar surface area (TPSA) is 64.9 Å². The fraction of sp³-hybridized carbons (Fsp3) is 0.312. The Balaban J connectivity index is 1.73. The van der Waals surface area contributed by atoms with Crippen LogP contribution in [-0.4, -0.2) is 26.1 Å². The molecule has 6 nitrogen and oxygen atoms in total. The molecule has 2 aromatic heterocycles. The quantitative estimate of drug-likeness (QED) is 0.578. The zero-order valence-corrected chi connectivity index (χ0v) is 15.9. The third-order valence-electron chi connectivity index (χ3n) is 3.97. The van der Waals surface area contributed by atoms with Gasteiger partial charge in [-0.05, 0) is 59.5 Å². The molecule has 3 heterocycles. The minimum absolute atomic E-state index is 0.00826. The molecule has 1 unspecified atom stereocenters. The summed E-state index contributed by atoms with van der Waals surface area (Å²) in [5.74, 6) is 0.670. The smallest absolute Gasteiger partial charge is 0.200 e. The number of imidazole rings is 1. The Labute approximate surface area is 155 Å². The van der Waals surface area contributed by atoms with Crippen LogP contribution in [0.25, 0.3) is 11.2 Å². The van der Waals surface area contributed by atoms with Crippen LogP contribution in [0.5, 0.6) is 0 Å². The summed E-state index contributed by atoms with van der Waals surface area (Å²) in [6.45, 7) is 0.778. The maximum atomic E-state index is 5.86. The van der Waals surface area contributed by atoms with Gasteiger partial charge in [0.1, 0.15) is 6.23 Å². The van der Waals surface area contributed by atoms with Crippen LogP contribution in [0.4, 0.5) is 11.5 Å². The summed E-state index contributed by atoms with van der Waals surface area (Å²) >= 11 is 6.84. The van der Waals surface area contributed by atoms with Crippen molar-refractivity contribution in [1.29, 1.82) is 0 Å². The maximum Gasteiger partial charge on any atom is 0.200 e. The van der Waals surface area contributed by atoms with E-state index in [0.29, 0.717) is 10.6 Å². The number of nitrogens with zero attached hydrogens (tertiary/aromatic N) is 4. The lowest BCUT2D eigenvalue weighted by molar-refractivity contribution is -0.0298. The average molecular weight is 453 g/mol. The lowest BCUT2D eigenvalue weighted by Gasteiger charge is -2.23. The van der Waals surface area contributed by atoms with Gasteiger partial charge in [0.05, 0.1) is 6.33 Å². The Morgan fingerprint density at radius 2 is 1.96 bits per heavy atom. The van der Waals surface area contributed by atoms with E-state index in [4.69, 9.17) is 4.74 Å². The Morgan fingerprint density at radius 1 is 1.12 bits per heavy atom. The second-order valence-corrected chi connectivity index (χ2v) is 7.24. The summed E-state index contributed by atoms with van der Waals surface area (Å²) in [6.07, 6.45) is 5.02. The monoisotopic (exact) mass is 451 g/mol. The molecule has 0 amide bonds. The predicted octanol–water partition coefficient (Wildman–Crippen LogP) is 4.79. The summed E-state index contributed by atoms with van der Waals surface area (Å²) in [6, 6.07) is 7.91. The molecule has 4 rings (SSSR count). The number of hydrogen-bond donors (Lipinski definition) is 1. The molecule has 1 aliphatic heterocycles. The van der Waals surface area contributed by atoms with Crippen LogP contribution in [0, 0.1) is 0 Å². The van der Waals surface area contributed by atoms with Gasteiger partial charge in [0, 0.05) is 16.8 Å². The minimum Gasteiger partial charge on any atom is -0.358 e. The van der Waals surface area contributed by atoms with Crippen LogP contribution in [0.15, 0.2) is 39.8 Å². The number of hydrogen-bond acceptors (Lipinski definition) is 5. The van der Waals surface area contributed by atoms with Crippen molar-refractivity contribution < 1.29 is 4.74 Å². The molecule has 8 heteroatoms. The number of aromatic nitrogens is 4. The van der Waals surface area contributed by atoms with E-state index in [1.165, 1.54) is 0 Å². The number of halogens is 2. The summed E-state index contributed by atoms with van der Waals surface area (Å²) in [7, 11) is 0. The molecule has 0 saturated carbocycles. The highest BCUT2D eigenvalue weighted by molar-refractivity contribution is 9.10. The van der Waals surface area contributed by atoms with Gasteiger partial charge in [-0.25, -0.2) is 15.0 Å². The molecule has 0 radical (unpaired) electrons. The van der Waals surface area contributed by atoms with E-state index in [-0.39, 0.29) is 6.23 Å². The van der Waals surface area contributed by atoms with Crippen molar-refractivity contribution in [3.63, 3.8) is 0 Å². The molecular weight excluding hydrogens is 438 g/mol. The zero-order valence-electron chi connectivity index (χ0n) is 12.7. The third kappa shape index (κ3) is 3.18. The molecule has 124 valence electrons. The highest BCUT2D eigenvalue weighted by Crippen LogP contribution is 2.30. The Kier molecular flexibility index (Phi) is 4.51. The fourth-order valence-corrected chi connectivity index (χ4v) is 3.41. The van der Waals surface area contributed by atoms with E-state index in [1.54, 1.807) is 6.33 Å². The van der Waals surface area contributed by atoms with Crippen LogP contribution >= 0.6 is 31.9 Å². The molecule has 1 atom stereocenters. The van der Waals surface area contributed by atoms with Crippen molar-refractivity contribution in [1.82, 2.24) is 19.5 Å². The third-order valence-corrected chi connectivity index (χ3v) is 4.85. The standard InChI is InChI=1S/C16H15Br2N5O/c17-10-4-6-11(7-5-10)20-14-13-15(22-16(18)21-14)23(9-19-13)12-3-1-2-8-24-12/h4-7,9,12H,1-3,8H2,(H,20,21,22). The van der Waals surface area contributed by atoms with Gasteiger partial charge in [-0.1, -0.05) is 15.9 Å². The van der Waals surface area contributed by atoms with Crippen LogP contribution in [0.2, 0.25) is 0 Å². The van der Waals surface area contributed by atoms with Crippen LogP contribution in [-0.2, 0) is 4.74 Å². The molecule has 0 bridgehead atoms. The lowest BCUT2D eigenvalue weighted by Crippen LogP contribution is -2.17. The highest BCUT2D eigenvalue weighted by Gasteiger charge is 2.21. The summed E-state index contributed by atoms with van der Waals surface area (Å²) in [4.78, 5) is 13.5. The Bertz CT molecular complexity index is 859. The first-order valence-corrected chi connectivity index (χ1v) is 9.33. The van der Waals surface area contributed by atoms with E-state index < -0.39 is 0 Å². The minimum atomic E-state index is -0.00826. The van der Waals surface area contributed by atoms with E-state index in [2.05, 4.69) is 52.1 Å². The molecule has 24 heavy (non-hydrogen) atoms. The van der Waals surface area contributed by atoms with Crippen LogP contribution in [0.3, 0.4) is 0 Å². The average Bonchev–Trinajstić information content (AvgIpc) is 3.01. The van der Waals surface area contributed by atoms with Gasteiger partial charge >= 0.3 is 0 Å². The number of ether oxygens (including phenoxy) is 1. The van der Waals surface area contributed by atoms with Crippen molar-refractivity contribution in [3.05, 3.63) is 39.8 Å². The molecule has 3 aromatic rings. The van der Waals surface area contributed by atoms with Crippen molar-refractivity contribution in [2.75, 3.05) is 11.9 Å².